The summed E-state index contributed by atoms with van der Waals surface area (Å²) in [6.45, 7) is 3.51. The van der Waals surface area contributed by atoms with Crippen molar-refractivity contribution in [3.05, 3.63) is 47.8 Å². The molecule has 30 heavy (non-hydrogen) atoms. The Morgan fingerprint density at radius 2 is 1.77 bits per heavy atom. The summed E-state index contributed by atoms with van der Waals surface area (Å²) in [4.78, 5) is 11.9. The van der Waals surface area contributed by atoms with Crippen LogP contribution in [-0.2, 0) is 9.53 Å². The number of ether oxygens (including phenoxy) is 1. The van der Waals surface area contributed by atoms with Crippen LogP contribution in [0.25, 0.3) is 11.1 Å². The predicted molar refractivity (Wildman–Crippen MR) is 102 cm³/mol. The molecule has 0 bridgehead atoms. The number of hydrogen-bond acceptors (Lipinski definition) is 5. The molecule has 0 amide bonds. The molecule has 0 fully saturated rings. The van der Waals surface area contributed by atoms with Crippen LogP contribution in [0.2, 0.25) is 0 Å². The van der Waals surface area contributed by atoms with Gasteiger partial charge in [0.25, 0.3) is 0 Å². The first-order valence-electron chi connectivity index (χ1n) is 9.16. The van der Waals surface area contributed by atoms with Crippen LogP contribution < -0.4 is 5.32 Å². The second-order valence-corrected chi connectivity index (χ2v) is 7.29. The number of halogens is 4. The van der Waals surface area contributed by atoms with Gasteiger partial charge in [-0.05, 0) is 42.2 Å². The molecule has 0 heterocycles. The summed E-state index contributed by atoms with van der Waals surface area (Å²) in [7, 11) is 1.09. The maximum Gasteiger partial charge on any atom is 0.407 e. The number of rotatable bonds is 7. The molecule has 0 aromatic heterocycles. The maximum absolute atomic E-state index is 14.0. The zero-order chi connectivity index (χ0) is 22.6. The molecule has 0 aliphatic rings. The standard InChI is InChI=1S/C21H23F4NO4/c1-11(2)8-17(20(29)30-3)26-19(21(23,24)25)12-4-6-14(18(28)9-12)15-10-13(27)5-7-16(15)22/h4-7,9-11,17,19,26-28H,8H2,1-3H3. The van der Waals surface area contributed by atoms with Crippen LogP contribution in [0.15, 0.2) is 36.4 Å². The largest absolute Gasteiger partial charge is 0.508 e. The van der Waals surface area contributed by atoms with Crippen LogP contribution in [-0.4, -0.2) is 35.5 Å². The SMILES string of the molecule is COC(=O)C(CC(C)C)NC(c1ccc(-c2cc(O)ccc2F)c(O)c1)C(F)(F)F. The molecule has 2 aromatic rings. The number of phenolic OH excluding ortho intramolecular Hbond substituents is 2. The van der Waals surface area contributed by atoms with E-state index in [0.717, 1.165) is 43.5 Å². The van der Waals surface area contributed by atoms with E-state index < -0.39 is 35.8 Å². The van der Waals surface area contributed by atoms with Gasteiger partial charge in [-0.2, -0.15) is 13.2 Å². The van der Waals surface area contributed by atoms with Gasteiger partial charge in [-0.1, -0.05) is 26.0 Å². The molecule has 0 saturated heterocycles. The monoisotopic (exact) mass is 429 g/mol. The quantitative estimate of drug-likeness (QED) is 0.440. The van der Waals surface area contributed by atoms with E-state index in [9.17, 15) is 32.6 Å². The van der Waals surface area contributed by atoms with E-state index in [1.165, 1.54) is 0 Å². The molecule has 5 nitrogen and oxygen atoms in total. The zero-order valence-electron chi connectivity index (χ0n) is 16.6. The third-order valence-corrected chi connectivity index (χ3v) is 4.48. The van der Waals surface area contributed by atoms with Crippen molar-refractivity contribution in [2.24, 2.45) is 5.92 Å². The van der Waals surface area contributed by atoms with Gasteiger partial charge in [0.05, 0.1) is 7.11 Å². The Bertz CT molecular complexity index is 899. The van der Waals surface area contributed by atoms with Crippen molar-refractivity contribution < 1.29 is 37.3 Å². The van der Waals surface area contributed by atoms with Crippen LogP contribution in [0.3, 0.4) is 0 Å². The van der Waals surface area contributed by atoms with Crippen LogP contribution in [0.5, 0.6) is 11.5 Å². The van der Waals surface area contributed by atoms with E-state index in [1.807, 2.05) is 0 Å². The molecule has 3 N–H and O–H groups in total. The minimum Gasteiger partial charge on any atom is -0.508 e. The van der Waals surface area contributed by atoms with Gasteiger partial charge in [0, 0.05) is 11.1 Å². The topological polar surface area (TPSA) is 78.8 Å². The highest BCUT2D eigenvalue weighted by molar-refractivity contribution is 5.76. The van der Waals surface area contributed by atoms with Crippen molar-refractivity contribution in [3.8, 4) is 22.6 Å². The van der Waals surface area contributed by atoms with Crippen molar-refractivity contribution in [2.45, 2.75) is 38.5 Å². The van der Waals surface area contributed by atoms with Gasteiger partial charge in [0.2, 0.25) is 0 Å². The third kappa shape index (κ3) is 5.63. The fraction of sp³-hybridized carbons (Fsp3) is 0.381. The van der Waals surface area contributed by atoms with Crippen LogP contribution >= 0.6 is 0 Å². The lowest BCUT2D eigenvalue weighted by Crippen LogP contribution is -2.45. The van der Waals surface area contributed by atoms with Gasteiger partial charge in [0.1, 0.15) is 29.4 Å². The van der Waals surface area contributed by atoms with Gasteiger partial charge in [-0.25, -0.2) is 4.39 Å². The maximum atomic E-state index is 14.0. The molecule has 0 aliphatic carbocycles. The highest BCUT2D eigenvalue weighted by Crippen LogP contribution is 2.39. The van der Waals surface area contributed by atoms with Gasteiger partial charge < -0.3 is 14.9 Å². The van der Waals surface area contributed by atoms with Crippen molar-refractivity contribution in [1.82, 2.24) is 5.32 Å². The van der Waals surface area contributed by atoms with Gasteiger partial charge in [0.15, 0.2) is 0 Å². The Kier molecular flexibility index (Phi) is 7.30. The van der Waals surface area contributed by atoms with E-state index in [-0.39, 0.29) is 34.8 Å². The molecule has 2 unspecified atom stereocenters. The number of aromatic hydroxyl groups is 2. The smallest absolute Gasteiger partial charge is 0.407 e. The van der Waals surface area contributed by atoms with E-state index in [0.29, 0.717) is 0 Å². The Hall–Kier alpha value is -2.81. The summed E-state index contributed by atoms with van der Waals surface area (Å²) >= 11 is 0. The number of hydrogen-bond donors (Lipinski definition) is 3. The summed E-state index contributed by atoms with van der Waals surface area (Å²) in [5.41, 5.74) is -0.607. The molecule has 9 heteroatoms. The Balaban J connectivity index is 2.44. The highest BCUT2D eigenvalue weighted by Gasteiger charge is 2.43. The average molecular weight is 429 g/mol. The van der Waals surface area contributed by atoms with Crippen LogP contribution in [0.4, 0.5) is 17.6 Å². The lowest BCUT2D eigenvalue weighted by Gasteiger charge is -2.27. The van der Waals surface area contributed by atoms with E-state index in [4.69, 9.17) is 0 Å². The molecule has 0 spiro atoms. The second kappa shape index (κ2) is 9.34. The number of carbonyl (C=O) groups is 1. The minimum absolute atomic E-state index is 0.0833. The highest BCUT2D eigenvalue weighted by atomic mass is 19.4. The van der Waals surface area contributed by atoms with Crippen LogP contribution in [0, 0.1) is 11.7 Å². The van der Waals surface area contributed by atoms with Crippen molar-refractivity contribution in [2.75, 3.05) is 7.11 Å². The number of nitrogens with one attached hydrogen (secondary N) is 1. The molecular weight excluding hydrogens is 406 g/mol. The van der Waals surface area contributed by atoms with Crippen molar-refractivity contribution in [3.63, 3.8) is 0 Å². The number of phenols is 2. The fourth-order valence-electron chi connectivity index (χ4n) is 3.10. The molecule has 2 aromatic carbocycles. The molecule has 164 valence electrons. The lowest BCUT2D eigenvalue weighted by molar-refractivity contribution is -0.164. The summed E-state index contributed by atoms with van der Waals surface area (Å²) in [6.07, 6.45) is -4.68. The second-order valence-electron chi connectivity index (χ2n) is 7.29. The lowest BCUT2D eigenvalue weighted by atomic mass is 9.97. The van der Waals surface area contributed by atoms with Crippen molar-refractivity contribution in [1.29, 1.82) is 0 Å². The predicted octanol–water partition coefficient (Wildman–Crippen LogP) is 4.68. The first-order chi connectivity index (χ1) is 13.9. The third-order valence-electron chi connectivity index (χ3n) is 4.48. The fourth-order valence-corrected chi connectivity index (χ4v) is 3.10. The van der Waals surface area contributed by atoms with Crippen LogP contribution in [0.1, 0.15) is 31.9 Å². The first kappa shape index (κ1) is 23.5. The number of carbonyl (C=O) groups excluding carboxylic acids is 1. The van der Waals surface area contributed by atoms with Gasteiger partial charge in [-0.15, -0.1) is 0 Å². The molecule has 2 atom stereocenters. The van der Waals surface area contributed by atoms with Gasteiger partial charge in [-0.3, -0.25) is 10.1 Å². The zero-order valence-corrected chi connectivity index (χ0v) is 16.6. The molecular formula is C21H23F4NO4. The summed E-state index contributed by atoms with van der Waals surface area (Å²) < 4.78 is 59.9. The number of methoxy groups -OCH3 is 1. The van der Waals surface area contributed by atoms with Gasteiger partial charge >= 0.3 is 12.1 Å². The number of esters is 1. The summed E-state index contributed by atoms with van der Waals surface area (Å²) in [5.74, 6) is -2.55. The molecule has 0 aliphatic heterocycles. The molecule has 0 saturated carbocycles. The van der Waals surface area contributed by atoms with E-state index in [1.54, 1.807) is 13.8 Å². The summed E-state index contributed by atoms with van der Waals surface area (Å²) in [5, 5.41) is 22.1. The van der Waals surface area contributed by atoms with E-state index >= 15 is 0 Å². The Morgan fingerprint density at radius 1 is 1.10 bits per heavy atom. The summed E-state index contributed by atoms with van der Waals surface area (Å²) in [6, 6.07) is 2.71. The Labute approximate surface area is 171 Å². The minimum atomic E-state index is -4.78. The molecule has 0 radical (unpaired) electrons. The first-order valence-corrected chi connectivity index (χ1v) is 9.16. The number of alkyl halides is 3. The normalized spacial score (nSPS) is 13.9. The average Bonchev–Trinajstić information content (AvgIpc) is 2.65. The number of benzene rings is 2. The molecule has 2 rings (SSSR count). The van der Waals surface area contributed by atoms with E-state index in [2.05, 4.69) is 10.1 Å². The van der Waals surface area contributed by atoms with Crippen molar-refractivity contribution >= 4 is 5.97 Å². The Morgan fingerprint density at radius 3 is 2.30 bits per heavy atom.